The maximum Gasteiger partial charge on any atom is 0.416 e. The van der Waals surface area contributed by atoms with Crippen LogP contribution in [0.25, 0.3) is 11.4 Å². The minimum absolute atomic E-state index is 0.0418. The Labute approximate surface area is 186 Å². The van der Waals surface area contributed by atoms with Crippen molar-refractivity contribution in [3.8, 4) is 17.1 Å². The summed E-state index contributed by atoms with van der Waals surface area (Å²) in [6.07, 6.45) is -2.75. The Kier molecular flexibility index (Phi) is 5.96. The predicted molar refractivity (Wildman–Crippen MR) is 111 cm³/mol. The van der Waals surface area contributed by atoms with Gasteiger partial charge in [0.15, 0.2) is 5.96 Å². The molecule has 1 aliphatic heterocycles. The van der Waals surface area contributed by atoms with Crippen LogP contribution in [0.3, 0.4) is 0 Å². The Morgan fingerprint density at radius 1 is 1.25 bits per heavy atom. The summed E-state index contributed by atoms with van der Waals surface area (Å²) in [5, 5.41) is 12.0. The van der Waals surface area contributed by atoms with Gasteiger partial charge in [0.2, 0.25) is 11.7 Å². The summed E-state index contributed by atoms with van der Waals surface area (Å²) in [5.74, 6) is 1.07. The zero-order valence-corrected chi connectivity index (χ0v) is 17.5. The SMILES string of the molecule is N=C(N)N1CCC[C@H]1c1nc(-c2ccc(OCc3ccc(C(F)(F)F)cc3)cc2Cl)no1. The Morgan fingerprint density at radius 2 is 2.00 bits per heavy atom. The van der Waals surface area contributed by atoms with Crippen LogP contribution in [0.15, 0.2) is 47.0 Å². The highest BCUT2D eigenvalue weighted by molar-refractivity contribution is 6.33. The van der Waals surface area contributed by atoms with Crippen molar-refractivity contribution in [2.75, 3.05) is 6.54 Å². The number of aromatic nitrogens is 2. The van der Waals surface area contributed by atoms with Crippen molar-refractivity contribution in [2.24, 2.45) is 5.73 Å². The molecule has 2 heterocycles. The van der Waals surface area contributed by atoms with Crippen molar-refractivity contribution in [2.45, 2.75) is 31.7 Å². The number of nitrogens with two attached hydrogens (primary N) is 1. The molecule has 0 radical (unpaired) electrons. The van der Waals surface area contributed by atoms with Crippen molar-refractivity contribution in [3.63, 3.8) is 0 Å². The molecule has 1 atom stereocenters. The lowest BCUT2D eigenvalue weighted by molar-refractivity contribution is -0.137. The molecule has 1 fully saturated rings. The van der Waals surface area contributed by atoms with Crippen LogP contribution in [0, 0.1) is 5.41 Å². The van der Waals surface area contributed by atoms with Crippen molar-refractivity contribution < 1.29 is 22.4 Å². The number of alkyl halides is 3. The molecule has 0 spiro atoms. The van der Waals surface area contributed by atoms with E-state index in [1.807, 2.05) is 0 Å². The lowest BCUT2D eigenvalue weighted by Gasteiger charge is -2.21. The summed E-state index contributed by atoms with van der Waals surface area (Å²) in [6, 6.07) is 9.45. The molecular formula is C21H19ClF3N5O2. The smallest absolute Gasteiger partial charge is 0.416 e. The Balaban J connectivity index is 1.44. The zero-order valence-electron chi connectivity index (χ0n) is 16.7. The van der Waals surface area contributed by atoms with E-state index in [1.165, 1.54) is 12.1 Å². The predicted octanol–water partition coefficient (Wildman–Crippen LogP) is 5.02. The number of rotatable bonds is 5. The van der Waals surface area contributed by atoms with Gasteiger partial charge in [-0.05, 0) is 48.7 Å². The second-order valence-electron chi connectivity index (χ2n) is 7.32. The quantitative estimate of drug-likeness (QED) is 0.405. The number of hydrogen-bond donors (Lipinski definition) is 2. The molecule has 0 aliphatic carbocycles. The summed E-state index contributed by atoms with van der Waals surface area (Å²) in [5.41, 5.74) is 6.03. The van der Waals surface area contributed by atoms with Gasteiger partial charge in [0.1, 0.15) is 18.4 Å². The third-order valence-corrected chi connectivity index (χ3v) is 5.47. The van der Waals surface area contributed by atoms with Gasteiger partial charge in [-0.1, -0.05) is 28.9 Å². The fraction of sp³-hybridized carbons (Fsp3) is 0.286. The highest BCUT2D eigenvalue weighted by atomic mass is 35.5. The van der Waals surface area contributed by atoms with E-state index in [0.29, 0.717) is 40.2 Å². The number of nitrogens with one attached hydrogen (secondary N) is 1. The van der Waals surface area contributed by atoms with Crippen LogP contribution in [-0.2, 0) is 12.8 Å². The first-order valence-electron chi connectivity index (χ1n) is 9.75. The van der Waals surface area contributed by atoms with E-state index in [0.717, 1.165) is 25.0 Å². The highest BCUT2D eigenvalue weighted by Crippen LogP contribution is 2.34. The van der Waals surface area contributed by atoms with Gasteiger partial charge in [0.25, 0.3) is 0 Å². The molecule has 2 aromatic carbocycles. The maximum absolute atomic E-state index is 12.7. The van der Waals surface area contributed by atoms with E-state index >= 15 is 0 Å². The van der Waals surface area contributed by atoms with E-state index in [4.69, 9.17) is 32.0 Å². The van der Waals surface area contributed by atoms with E-state index < -0.39 is 11.7 Å². The molecule has 11 heteroatoms. The van der Waals surface area contributed by atoms with Crippen LogP contribution in [-0.4, -0.2) is 27.5 Å². The summed E-state index contributed by atoms with van der Waals surface area (Å²) in [6.45, 7) is 0.742. The second-order valence-corrected chi connectivity index (χ2v) is 7.73. The number of likely N-dealkylation sites (tertiary alicyclic amines) is 1. The highest BCUT2D eigenvalue weighted by Gasteiger charge is 2.32. The molecule has 168 valence electrons. The topological polar surface area (TPSA) is 101 Å². The monoisotopic (exact) mass is 465 g/mol. The standard InChI is InChI=1S/C21H19ClF3N5O2/c22-16-10-14(31-11-12-3-5-13(6-4-12)21(23,24)25)7-8-15(16)18-28-19(32-29-18)17-2-1-9-30(17)20(26)27/h3-8,10,17H,1-2,9,11H2,(H3,26,27)/t17-/m0/s1. The van der Waals surface area contributed by atoms with Gasteiger partial charge < -0.3 is 19.9 Å². The molecular weight excluding hydrogens is 447 g/mol. The minimum atomic E-state index is -4.38. The van der Waals surface area contributed by atoms with Crippen LogP contribution in [0.2, 0.25) is 5.02 Å². The fourth-order valence-electron chi connectivity index (χ4n) is 3.52. The van der Waals surface area contributed by atoms with Gasteiger partial charge in [-0.25, -0.2) is 0 Å². The van der Waals surface area contributed by atoms with Crippen LogP contribution in [0.5, 0.6) is 5.75 Å². The Morgan fingerprint density at radius 3 is 2.66 bits per heavy atom. The van der Waals surface area contributed by atoms with Crippen molar-refractivity contribution in [1.82, 2.24) is 15.0 Å². The average molecular weight is 466 g/mol. The third kappa shape index (κ3) is 4.64. The number of hydrogen-bond acceptors (Lipinski definition) is 5. The van der Waals surface area contributed by atoms with Gasteiger partial charge in [0, 0.05) is 12.1 Å². The lowest BCUT2D eigenvalue weighted by atomic mass is 10.1. The van der Waals surface area contributed by atoms with Crippen molar-refractivity contribution in [3.05, 3.63) is 64.5 Å². The molecule has 1 saturated heterocycles. The van der Waals surface area contributed by atoms with Crippen molar-refractivity contribution >= 4 is 17.6 Å². The summed E-state index contributed by atoms with van der Waals surface area (Å²) in [7, 11) is 0. The first-order valence-corrected chi connectivity index (χ1v) is 10.1. The van der Waals surface area contributed by atoms with Crippen LogP contribution in [0.1, 0.15) is 35.9 Å². The van der Waals surface area contributed by atoms with Gasteiger partial charge in [-0.15, -0.1) is 0 Å². The fourth-order valence-corrected chi connectivity index (χ4v) is 3.77. The number of halogens is 4. The Bertz CT molecular complexity index is 1120. The van der Waals surface area contributed by atoms with Crippen LogP contribution >= 0.6 is 11.6 Å². The molecule has 4 rings (SSSR count). The molecule has 1 aromatic heterocycles. The molecule has 0 unspecified atom stereocenters. The normalized spacial score (nSPS) is 16.4. The van der Waals surface area contributed by atoms with Crippen LogP contribution in [0.4, 0.5) is 13.2 Å². The van der Waals surface area contributed by atoms with E-state index in [9.17, 15) is 13.2 Å². The van der Waals surface area contributed by atoms with Gasteiger partial charge in [-0.3, -0.25) is 5.41 Å². The molecule has 0 amide bonds. The average Bonchev–Trinajstić information content (AvgIpc) is 3.41. The number of benzene rings is 2. The second kappa shape index (κ2) is 8.70. The molecule has 0 saturated carbocycles. The number of ether oxygens (including phenoxy) is 1. The van der Waals surface area contributed by atoms with Gasteiger partial charge >= 0.3 is 6.18 Å². The molecule has 3 aromatic rings. The van der Waals surface area contributed by atoms with Gasteiger partial charge in [-0.2, -0.15) is 18.2 Å². The van der Waals surface area contributed by atoms with Crippen molar-refractivity contribution in [1.29, 1.82) is 5.41 Å². The minimum Gasteiger partial charge on any atom is -0.489 e. The molecule has 32 heavy (non-hydrogen) atoms. The van der Waals surface area contributed by atoms with E-state index in [2.05, 4.69) is 10.1 Å². The Hall–Kier alpha value is -3.27. The summed E-state index contributed by atoms with van der Waals surface area (Å²) in [4.78, 5) is 6.12. The third-order valence-electron chi connectivity index (χ3n) is 5.16. The first kappa shape index (κ1) is 21.9. The number of guanidine groups is 1. The van der Waals surface area contributed by atoms with Gasteiger partial charge in [0.05, 0.1) is 10.6 Å². The summed E-state index contributed by atoms with van der Waals surface area (Å²) >= 11 is 6.37. The molecule has 3 N–H and O–H groups in total. The first-order chi connectivity index (χ1) is 15.2. The summed E-state index contributed by atoms with van der Waals surface area (Å²) < 4.78 is 49.0. The largest absolute Gasteiger partial charge is 0.489 e. The van der Waals surface area contributed by atoms with E-state index in [-0.39, 0.29) is 18.6 Å². The molecule has 7 nitrogen and oxygen atoms in total. The lowest BCUT2D eigenvalue weighted by Crippen LogP contribution is -2.35. The van der Waals surface area contributed by atoms with Crippen LogP contribution < -0.4 is 10.5 Å². The maximum atomic E-state index is 12.7. The molecule has 0 bridgehead atoms. The van der Waals surface area contributed by atoms with E-state index in [1.54, 1.807) is 23.1 Å². The number of nitrogens with zero attached hydrogens (tertiary/aromatic N) is 3. The molecule has 1 aliphatic rings. The zero-order chi connectivity index (χ0) is 22.9.